The summed E-state index contributed by atoms with van der Waals surface area (Å²) in [5.74, 6) is 0. The molecule has 0 amide bonds. The van der Waals surface area contributed by atoms with Gasteiger partial charge in [0.25, 0.3) is 5.56 Å². The lowest BCUT2D eigenvalue weighted by atomic mass is 10.1. The van der Waals surface area contributed by atoms with Gasteiger partial charge in [-0.2, -0.15) is 5.26 Å². The first-order valence-corrected chi connectivity index (χ1v) is 7.84. The molecule has 1 aliphatic heterocycles. The number of nitrogens with one attached hydrogen (secondary N) is 1. The molecule has 2 heterocycles. The van der Waals surface area contributed by atoms with Crippen LogP contribution in [0.4, 0.5) is 0 Å². The van der Waals surface area contributed by atoms with Gasteiger partial charge in [0.05, 0.1) is 17.7 Å². The Morgan fingerprint density at radius 2 is 2.30 bits per heavy atom. The number of likely N-dealkylation sites (tertiary alicyclic amines) is 1. The molecular formula is C18H20N3O2. The quantitative estimate of drug-likeness (QED) is 0.936. The lowest BCUT2D eigenvalue weighted by Gasteiger charge is -2.31. The van der Waals surface area contributed by atoms with Crippen molar-refractivity contribution in [2.75, 3.05) is 26.7 Å². The van der Waals surface area contributed by atoms with Crippen molar-refractivity contribution in [3.8, 4) is 6.07 Å². The van der Waals surface area contributed by atoms with Crippen molar-refractivity contribution in [1.82, 2.24) is 9.88 Å². The molecule has 1 aromatic carbocycles. The van der Waals surface area contributed by atoms with Crippen LogP contribution >= 0.6 is 0 Å². The Hall–Kier alpha value is -2.16. The van der Waals surface area contributed by atoms with Crippen LogP contribution in [0.15, 0.2) is 29.1 Å². The zero-order valence-corrected chi connectivity index (χ0v) is 13.2. The molecule has 0 aliphatic carbocycles. The minimum absolute atomic E-state index is 0.0700. The van der Waals surface area contributed by atoms with Gasteiger partial charge in [0.2, 0.25) is 0 Å². The number of rotatable bonds is 4. The van der Waals surface area contributed by atoms with Crippen LogP contribution in [-0.4, -0.2) is 42.7 Å². The smallest absolute Gasteiger partial charge is 0.251 e. The zero-order chi connectivity index (χ0) is 16.2. The van der Waals surface area contributed by atoms with Gasteiger partial charge >= 0.3 is 0 Å². The first-order chi connectivity index (χ1) is 11.2. The normalized spacial score (nSPS) is 18.9. The molecule has 1 radical (unpaired) electrons. The van der Waals surface area contributed by atoms with Crippen molar-refractivity contribution in [3.63, 3.8) is 0 Å². The van der Waals surface area contributed by atoms with Gasteiger partial charge < -0.3 is 14.6 Å². The fraction of sp³-hybridized carbons (Fsp3) is 0.389. The highest BCUT2D eigenvalue weighted by molar-refractivity contribution is 5.80. The lowest BCUT2D eigenvalue weighted by Crippen LogP contribution is -2.40. The molecule has 23 heavy (non-hydrogen) atoms. The van der Waals surface area contributed by atoms with Gasteiger partial charge in [-0.15, -0.1) is 0 Å². The van der Waals surface area contributed by atoms with Crippen LogP contribution in [0.3, 0.4) is 0 Å². The molecule has 1 unspecified atom stereocenters. The predicted octanol–water partition coefficient (Wildman–Crippen LogP) is 1.87. The SMILES string of the molecule is COC1[CH]CCN(CCc2cc3ccc(C#N)cc3[nH]c2=O)C1. The van der Waals surface area contributed by atoms with Crippen molar-refractivity contribution in [2.24, 2.45) is 0 Å². The molecule has 0 saturated carbocycles. The number of H-pyrrole nitrogens is 1. The molecule has 2 aromatic rings. The van der Waals surface area contributed by atoms with E-state index in [1.54, 1.807) is 19.2 Å². The van der Waals surface area contributed by atoms with Gasteiger partial charge in [-0.05, 0) is 49.4 Å². The van der Waals surface area contributed by atoms with E-state index in [4.69, 9.17) is 10.00 Å². The zero-order valence-electron chi connectivity index (χ0n) is 13.2. The van der Waals surface area contributed by atoms with Crippen LogP contribution in [0.2, 0.25) is 0 Å². The third kappa shape index (κ3) is 3.61. The van der Waals surface area contributed by atoms with Crippen LogP contribution in [0.1, 0.15) is 17.5 Å². The van der Waals surface area contributed by atoms with Gasteiger partial charge in [-0.1, -0.05) is 6.07 Å². The van der Waals surface area contributed by atoms with Crippen molar-refractivity contribution >= 4 is 10.9 Å². The van der Waals surface area contributed by atoms with E-state index in [1.165, 1.54) is 0 Å². The third-order valence-electron chi connectivity index (χ3n) is 4.37. The minimum atomic E-state index is -0.0700. The molecule has 5 heteroatoms. The number of methoxy groups -OCH3 is 1. The Morgan fingerprint density at radius 3 is 3.09 bits per heavy atom. The van der Waals surface area contributed by atoms with Crippen LogP contribution in [0.5, 0.6) is 0 Å². The van der Waals surface area contributed by atoms with E-state index in [9.17, 15) is 4.79 Å². The van der Waals surface area contributed by atoms with Gasteiger partial charge in [-0.3, -0.25) is 4.79 Å². The number of nitriles is 1. The summed E-state index contributed by atoms with van der Waals surface area (Å²) in [6.45, 7) is 2.74. The van der Waals surface area contributed by atoms with Crippen LogP contribution < -0.4 is 5.56 Å². The highest BCUT2D eigenvalue weighted by Gasteiger charge is 2.19. The number of hydrogen-bond acceptors (Lipinski definition) is 4. The van der Waals surface area contributed by atoms with Gasteiger partial charge in [0.15, 0.2) is 0 Å². The molecule has 0 spiro atoms. The van der Waals surface area contributed by atoms with E-state index in [0.29, 0.717) is 17.5 Å². The second-order valence-corrected chi connectivity index (χ2v) is 5.89. The highest BCUT2D eigenvalue weighted by Crippen LogP contribution is 2.15. The van der Waals surface area contributed by atoms with Crippen molar-refractivity contribution in [1.29, 1.82) is 5.26 Å². The summed E-state index contributed by atoms with van der Waals surface area (Å²) in [7, 11) is 1.73. The van der Waals surface area contributed by atoms with Gasteiger partial charge in [0, 0.05) is 31.3 Å². The Morgan fingerprint density at radius 1 is 1.43 bits per heavy atom. The second kappa shape index (κ2) is 6.95. The summed E-state index contributed by atoms with van der Waals surface area (Å²) in [6, 6.07) is 9.38. The maximum absolute atomic E-state index is 12.2. The first kappa shape index (κ1) is 15.7. The first-order valence-electron chi connectivity index (χ1n) is 7.84. The number of aromatic nitrogens is 1. The summed E-state index contributed by atoms with van der Waals surface area (Å²) in [6.07, 6.45) is 4.11. The number of fused-ring (bicyclic) bond motifs is 1. The summed E-state index contributed by atoms with van der Waals surface area (Å²) < 4.78 is 5.39. The molecular weight excluding hydrogens is 290 g/mol. The average Bonchev–Trinajstić information content (AvgIpc) is 2.59. The molecule has 1 fully saturated rings. The van der Waals surface area contributed by atoms with Gasteiger partial charge in [0.1, 0.15) is 0 Å². The number of benzene rings is 1. The molecule has 1 aliphatic rings. The number of pyridine rings is 1. The Balaban J connectivity index is 1.74. The minimum Gasteiger partial charge on any atom is -0.380 e. The number of nitrogens with zero attached hydrogens (tertiary/aromatic N) is 2. The van der Waals surface area contributed by atoms with E-state index in [1.807, 2.05) is 12.1 Å². The summed E-state index contributed by atoms with van der Waals surface area (Å²) in [5.41, 5.74) is 1.98. The van der Waals surface area contributed by atoms with Crippen LogP contribution in [0.25, 0.3) is 10.9 Å². The summed E-state index contributed by atoms with van der Waals surface area (Å²) >= 11 is 0. The third-order valence-corrected chi connectivity index (χ3v) is 4.37. The second-order valence-electron chi connectivity index (χ2n) is 5.89. The topological polar surface area (TPSA) is 69.1 Å². The van der Waals surface area contributed by atoms with Crippen molar-refractivity contribution in [2.45, 2.75) is 18.9 Å². The van der Waals surface area contributed by atoms with Gasteiger partial charge in [-0.25, -0.2) is 0 Å². The molecule has 1 aromatic heterocycles. The van der Waals surface area contributed by atoms with E-state index in [2.05, 4.69) is 22.4 Å². The van der Waals surface area contributed by atoms with E-state index in [-0.39, 0.29) is 11.7 Å². The van der Waals surface area contributed by atoms with E-state index >= 15 is 0 Å². The molecule has 119 valence electrons. The van der Waals surface area contributed by atoms with Crippen LogP contribution in [0, 0.1) is 17.8 Å². The monoisotopic (exact) mass is 310 g/mol. The number of aromatic amines is 1. The largest absolute Gasteiger partial charge is 0.380 e. The Bertz CT molecular complexity index is 791. The maximum Gasteiger partial charge on any atom is 0.251 e. The summed E-state index contributed by atoms with van der Waals surface area (Å²) in [5, 5.41) is 9.89. The number of ether oxygens (including phenoxy) is 1. The molecule has 1 N–H and O–H groups in total. The molecule has 0 bridgehead atoms. The molecule has 5 nitrogen and oxygen atoms in total. The predicted molar refractivity (Wildman–Crippen MR) is 89.1 cm³/mol. The number of piperidine rings is 1. The average molecular weight is 310 g/mol. The lowest BCUT2D eigenvalue weighted by molar-refractivity contribution is 0.0647. The molecule has 1 atom stereocenters. The fourth-order valence-corrected chi connectivity index (χ4v) is 3.02. The van der Waals surface area contributed by atoms with Crippen molar-refractivity contribution in [3.05, 3.63) is 52.2 Å². The number of hydrogen-bond donors (Lipinski definition) is 1. The fourth-order valence-electron chi connectivity index (χ4n) is 3.02. The maximum atomic E-state index is 12.2. The van der Waals surface area contributed by atoms with Crippen LogP contribution in [-0.2, 0) is 11.2 Å². The Labute approximate surface area is 135 Å². The van der Waals surface area contributed by atoms with E-state index in [0.717, 1.165) is 37.0 Å². The van der Waals surface area contributed by atoms with Crippen molar-refractivity contribution < 1.29 is 4.74 Å². The van der Waals surface area contributed by atoms with E-state index < -0.39 is 0 Å². The Kier molecular flexibility index (Phi) is 4.75. The standard InChI is InChI=1S/C18H20N3O2/c1-23-16-3-2-7-21(12-16)8-6-15-10-14-5-4-13(11-19)9-17(14)20-18(15)22/h3-5,9-10,16H,2,6-8,12H2,1H3,(H,20,22). The molecule has 1 saturated heterocycles. The highest BCUT2D eigenvalue weighted by atomic mass is 16.5. The molecule has 3 rings (SSSR count). The summed E-state index contributed by atoms with van der Waals surface area (Å²) in [4.78, 5) is 17.5.